The Labute approximate surface area is 166 Å². The normalized spacial score (nSPS) is 10.1. The number of carbonyl (C=O) groups is 4. The van der Waals surface area contributed by atoms with Crippen molar-refractivity contribution in [1.29, 1.82) is 0 Å². The van der Waals surface area contributed by atoms with E-state index in [9.17, 15) is 19.2 Å². The Balaban J connectivity index is 2.07. The first-order chi connectivity index (χ1) is 12.7. The van der Waals surface area contributed by atoms with Crippen molar-refractivity contribution in [3.63, 3.8) is 0 Å². The molecule has 0 aliphatic carbocycles. The van der Waals surface area contributed by atoms with Crippen LogP contribution in [0.5, 0.6) is 0 Å². The van der Waals surface area contributed by atoms with Crippen molar-refractivity contribution in [1.82, 2.24) is 0 Å². The number of hydrogen-bond acceptors (Lipinski definition) is 5. The molecule has 10 heteroatoms. The van der Waals surface area contributed by atoms with Crippen LogP contribution in [0.4, 0.5) is 5.69 Å². The number of carbonyl (C=O) groups excluding carboxylic acids is 4. The van der Waals surface area contributed by atoms with Crippen LogP contribution in [-0.2, 0) is 9.53 Å². The number of esters is 1. The molecule has 2 aromatic carbocycles. The van der Waals surface area contributed by atoms with E-state index in [1.807, 2.05) is 0 Å². The van der Waals surface area contributed by atoms with Gasteiger partial charge in [-0.15, -0.1) is 0 Å². The Hall–Kier alpha value is -2.91. The molecule has 0 atom stereocenters. The summed E-state index contributed by atoms with van der Waals surface area (Å²) in [5, 5.41) is 2.56. The number of nitrogens with two attached hydrogens (primary N) is 2. The monoisotopic (exact) mass is 453 g/mol. The van der Waals surface area contributed by atoms with E-state index in [4.69, 9.17) is 27.8 Å². The highest BCUT2D eigenvalue weighted by molar-refractivity contribution is 9.10. The first-order valence-electron chi connectivity index (χ1n) is 7.34. The lowest BCUT2D eigenvalue weighted by Gasteiger charge is -2.09. The largest absolute Gasteiger partial charge is 0.452 e. The second kappa shape index (κ2) is 8.65. The fourth-order valence-corrected chi connectivity index (χ4v) is 2.60. The zero-order chi connectivity index (χ0) is 20.1. The molecule has 140 valence electrons. The third kappa shape index (κ3) is 5.53. The highest BCUT2D eigenvalue weighted by atomic mass is 79.9. The van der Waals surface area contributed by atoms with Crippen LogP contribution < -0.4 is 16.8 Å². The number of nitrogens with one attached hydrogen (secondary N) is 1. The minimum Gasteiger partial charge on any atom is -0.452 e. The summed E-state index contributed by atoms with van der Waals surface area (Å²) in [6.07, 6.45) is 0. The van der Waals surface area contributed by atoms with E-state index in [1.165, 1.54) is 30.3 Å². The number of hydrogen-bond donors (Lipinski definition) is 3. The van der Waals surface area contributed by atoms with E-state index in [0.29, 0.717) is 4.47 Å². The Morgan fingerprint density at radius 2 is 1.59 bits per heavy atom. The summed E-state index contributed by atoms with van der Waals surface area (Å²) in [7, 11) is 0. The van der Waals surface area contributed by atoms with Crippen LogP contribution in [0.25, 0.3) is 0 Å². The number of rotatable bonds is 6. The zero-order valence-electron chi connectivity index (χ0n) is 13.6. The molecule has 0 aromatic heterocycles. The first kappa shape index (κ1) is 20.4. The summed E-state index contributed by atoms with van der Waals surface area (Å²) >= 11 is 9.13. The average Bonchev–Trinajstić information content (AvgIpc) is 2.61. The van der Waals surface area contributed by atoms with Gasteiger partial charge in [0.25, 0.3) is 5.91 Å². The predicted molar refractivity (Wildman–Crippen MR) is 102 cm³/mol. The molecule has 0 saturated carbocycles. The van der Waals surface area contributed by atoms with Crippen LogP contribution in [0.15, 0.2) is 40.9 Å². The Kier molecular flexibility index (Phi) is 6.54. The lowest BCUT2D eigenvalue weighted by Crippen LogP contribution is -2.22. The molecular weight excluding hydrogens is 442 g/mol. The maximum absolute atomic E-state index is 12.0. The standard InChI is InChI=1S/C17H13BrClN3O5/c18-10-1-2-13(19)12(6-10)17(26)27-7-14(23)22-11-4-8(15(20)24)3-9(5-11)16(21)25/h1-6H,7H2,(H2,20,24)(H2,21,25)(H,22,23). The van der Waals surface area contributed by atoms with Crippen molar-refractivity contribution in [2.45, 2.75) is 0 Å². The van der Waals surface area contributed by atoms with Crippen LogP contribution in [-0.4, -0.2) is 30.3 Å². The molecule has 0 aliphatic heterocycles. The van der Waals surface area contributed by atoms with Crippen molar-refractivity contribution >= 4 is 56.9 Å². The number of amides is 3. The van der Waals surface area contributed by atoms with Crippen molar-refractivity contribution in [2.75, 3.05) is 11.9 Å². The van der Waals surface area contributed by atoms with Gasteiger partial charge in [0.05, 0.1) is 10.6 Å². The highest BCUT2D eigenvalue weighted by Crippen LogP contribution is 2.22. The summed E-state index contributed by atoms with van der Waals surface area (Å²) in [6, 6.07) is 8.34. The SMILES string of the molecule is NC(=O)c1cc(NC(=O)COC(=O)c2cc(Br)ccc2Cl)cc(C(N)=O)c1. The molecule has 0 aliphatic rings. The molecule has 8 nitrogen and oxygen atoms in total. The first-order valence-corrected chi connectivity index (χ1v) is 8.51. The minimum absolute atomic E-state index is 0.0143. The molecule has 0 spiro atoms. The molecular formula is C17H13BrClN3O5. The second-order valence-electron chi connectivity index (χ2n) is 5.28. The Bertz CT molecular complexity index is 916. The lowest BCUT2D eigenvalue weighted by molar-refractivity contribution is -0.119. The van der Waals surface area contributed by atoms with E-state index in [1.54, 1.807) is 6.07 Å². The Morgan fingerprint density at radius 3 is 2.15 bits per heavy atom. The van der Waals surface area contributed by atoms with Gasteiger partial charge in [-0.05, 0) is 36.4 Å². The van der Waals surface area contributed by atoms with Gasteiger partial charge in [-0.25, -0.2) is 4.79 Å². The maximum Gasteiger partial charge on any atom is 0.340 e. The van der Waals surface area contributed by atoms with E-state index in [0.717, 1.165) is 0 Å². The van der Waals surface area contributed by atoms with E-state index in [-0.39, 0.29) is 27.4 Å². The lowest BCUT2D eigenvalue weighted by atomic mass is 10.1. The van der Waals surface area contributed by atoms with Gasteiger partial charge in [0.2, 0.25) is 11.8 Å². The van der Waals surface area contributed by atoms with Crippen molar-refractivity contribution < 1.29 is 23.9 Å². The minimum atomic E-state index is -0.802. The number of anilines is 1. The van der Waals surface area contributed by atoms with Gasteiger partial charge >= 0.3 is 5.97 Å². The summed E-state index contributed by atoms with van der Waals surface area (Å²) in [5.74, 6) is -3.10. The van der Waals surface area contributed by atoms with Gasteiger partial charge < -0.3 is 21.5 Å². The summed E-state index contributed by atoms with van der Waals surface area (Å²) in [4.78, 5) is 46.7. The molecule has 5 N–H and O–H groups in total. The van der Waals surface area contributed by atoms with E-state index < -0.39 is 30.3 Å². The molecule has 0 unspecified atom stereocenters. The molecule has 0 fully saturated rings. The third-order valence-corrected chi connectivity index (χ3v) is 4.09. The predicted octanol–water partition coefficient (Wildman–Crippen LogP) is 2.10. The van der Waals surface area contributed by atoms with Gasteiger partial charge in [-0.1, -0.05) is 27.5 Å². The van der Waals surface area contributed by atoms with Gasteiger partial charge in [0.15, 0.2) is 6.61 Å². The number of ether oxygens (including phenoxy) is 1. The zero-order valence-corrected chi connectivity index (χ0v) is 16.0. The van der Waals surface area contributed by atoms with Gasteiger partial charge in [-0.3, -0.25) is 14.4 Å². The average molecular weight is 455 g/mol. The number of halogens is 2. The molecule has 27 heavy (non-hydrogen) atoms. The van der Waals surface area contributed by atoms with Gasteiger partial charge in [-0.2, -0.15) is 0 Å². The van der Waals surface area contributed by atoms with Crippen molar-refractivity contribution in [3.8, 4) is 0 Å². The fourth-order valence-electron chi connectivity index (χ4n) is 2.04. The molecule has 0 bridgehead atoms. The summed E-state index contributed by atoms with van der Waals surface area (Å²) < 4.78 is 5.53. The van der Waals surface area contributed by atoms with Crippen molar-refractivity contribution in [2.24, 2.45) is 11.5 Å². The van der Waals surface area contributed by atoms with E-state index in [2.05, 4.69) is 21.2 Å². The maximum atomic E-state index is 12.0. The molecule has 0 saturated heterocycles. The van der Waals surface area contributed by atoms with Gasteiger partial charge in [0.1, 0.15) is 0 Å². The second-order valence-corrected chi connectivity index (χ2v) is 6.60. The number of primary amides is 2. The Morgan fingerprint density at radius 1 is 1.00 bits per heavy atom. The quantitative estimate of drug-likeness (QED) is 0.573. The topological polar surface area (TPSA) is 142 Å². The third-order valence-electron chi connectivity index (χ3n) is 3.27. The van der Waals surface area contributed by atoms with Crippen LogP contribution in [0.3, 0.4) is 0 Å². The molecule has 0 radical (unpaired) electrons. The number of benzene rings is 2. The molecule has 2 aromatic rings. The molecule has 3 amide bonds. The summed E-state index contributed by atoms with van der Waals surface area (Å²) in [5.41, 5.74) is 10.5. The van der Waals surface area contributed by atoms with Crippen molar-refractivity contribution in [3.05, 3.63) is 62.6 Å². The van der Waals surface area contributed by atoms with Crippen LogP contribution >= 0.6 is 27.5 Å². The van der Waals surface area contributed by atoms with E-state index >= 15 is 0 Å². The smallest absolute Gasteiger partial charge is 0.340 e. The van der Waals surface area contributed by atoms with Crippen LogP contribution in [0.1, 0.15) is 31.1 Å². The highest BCUT2D eigenvalue weighted by Gasteiger charge is 2.15. The van der Waals surface area contributed by atoms with Crippen LogP contribution in [0, 0.1) is 0 Å². The summed E-state index contributed by atoms with van der Waals surface area (Å²) in [6.45, 7) is -0.617. The molecule has 2 rings (SSSR count). The van der Waals surface area contributed by atoms with Gasteiger partial charge in [0, 0.05) is 21.3 Å². The van der Waals surface area contributed by atoms with Crippen LogP contribution in [0.2, 0.25) is 5.02 Å². The molecule has 0 heterocycles. The fraction of sp³-hybridized carbons (Fsp3) is 0.0588.